The number of amides is 2. The van der Waals surface area contributed by atoms with Crippen LogP contribution in [-0.4, -0.2) is 42.5 Å². The van der Waals surface area contributed by atoms with E-state index in [1.54, 1.807) is 25.3 Å². The predicted octanol–water partition coefficient (Wildman–Crippen LogP) is 1.18. The van der Waals surface area contributed by atoms with Gasteiger partial charge in [-0.15, -0.1) is 0 Å². The second-order valence-corrected chi connectivity index (χ2v) is 6.23. The van der Waals surface area contributed by atoms with Gasteiger partial charge in [0.1, 0.15) is 11.9 Å². The van der Waals surface area contributed by atoms with Crippen molar-refractivity contribution < 1.29 is 9.59 Å². The number of anilines is 1. The highest BCUT2D eigenvalue weighted by atomic mass is 16.2. The normalized spacial score (nSPS) is 12.5. The first kappa shape index (κ1) is 16.9. The van der Waals surface area contributed by atoms with Crippen LogP contribution in [0, 0.1) is 0 Å². The van der Waals surface area contributed by atoms with Gasteiger partial charge in [-0.2, -0.15) is 0 Å². The Kier molecular flexibility index (Phi) is 5.29. The van der Waals surface area contributed by atoms with E-state index < -0.39 is 6.04 Å². The highest BCUT2D eigenvalue weighted by molar-refractivity contribution is 5.97. The Morgan fingerprint density at radius 3 is 2.43 bits per heavy atom. The summed E-state index contributed by atoms with van der Waals surface area (Å²) in [7, 11) is 3.70. The fourth-order valence-corrected chi connectivity index (χ4v) is 1.63. The Labute approximate surface area is 125 Å². The van der Waals surface area contributed by atoms with Crippen LogP contribution >= 0.6 is 0 Å². The molecule has 0 saturated heterocycles. The average Bonchev–Trinajstić information content (AvgIpc) is 2.36. The van der Waals surface area contributed by atoms with Crippen molar-refractivity contribution in [2.45, 2.75) is 39.3 Å². The van der Waals surface area contributed by atoms with Crippen LogP contribution in [-0.2, 0) is 4.79 Å². The lowest BCUT2D eigenvalue weighted by Gasteiger charge is -2.23. The molecule has 0 aromatic carbocycles. The Morgan fingerprint density at radius 1 is 1.29 bits per heavy atom. The van der Waals surface area contributed by atoms with Crippen LogP contribution in [0.4, 0.5) is 5.82 Å². The van der Waals surface area contributed by atoms with E-state index in [0.717, 1.165) is 0 Å². The van der Waals surface area contributed by atoms with Crippen molar-refractivity contribution in [3.05, 3.63) is 23.9 Å². The van der Waals surface area contributed by atoms with Crippen molar-refractivity contribution in [3.8, 4) is 0 Å². The van der Waals surface area contributed by atoms with Gasteiger partial charge in [0, 0.05) is 31.4 Å². The highest BCUT2D eigenvalue weighted by Gasteiger charge is 2.21. The third-order valence-corrected chi connectivity index (χ3v) is 2.70. The Bertz CT molecular complexity index is 521. The average molecular weight is 292 g/mol. The van der Waals surface area contributed by atoms with E-state index in [1.807, 2.05) is 39.8 Å². The van der Waals surface area contributed by atoms with E-state index in [9.17, 15) is 9.59 Å². The van der Waals surface area contributed by atoms with Gasteiger partial charge in [0.05, 0.1) is 0 Å². The molecule has 0 radical (unpaired) electrons. The van der Waals surface area contributed by atoms with Crippen molar-refractivity contribution in [1.29, 1.82) is 0 Å². The van der Waals surface area contributed by atoms with Gasteiger partial charge < -0.3 is 15.5 Å². The number of aromatic nitrogens is 1. The highest BCUT2D eigenvalue weighted by Crippen LogP contribution is 2.09. The van der Waals surface area contributed by atoms with Crippen LogP contribution in [0.25, 0.3) is 0 Å². The van der Waals surface area contributed by atoms with Crippen molar-refractivity contribution in [2.24, 2.45) is 0 Å². The maximum absolute atomic E-state index is 12.2. The van der Waals surface area contributed by atoms with Gasteiger partial charge in [-0.05, 0) is 39.8 Å². The van der Waals surface area contributed by atoms with Crippen LogP contribution in [0.15, 0.2) is 18.3 Å². The van der Waals surface area contributed by atoms with E-state index in [0.29, 0.717) is 11.4 Å². The quantitative estimate of drug-likeness (QED) is 0.874. The molecule has 1 rings (SSSR count). The van der Waals surface area contributed by atoms with Crippen LogP contribution in [0.2, 0.25) is 0 Å². The van der Waals surface area contributed by atoms with Gasteiger partial charge >= 0.3 is 0 Å². The van der Waals surface area contributed by atoms with Gasteiger partial charge in [-0.25, -0.2) is 4.98 Å². The van der Waals surface area contributed by atoms with Gasteiger partial charge in [0.15, 0.2) is 0 Å². The summed E-state index contributed by atoms with van der Waals surface area (Å²) in [6.45, 7) is 7.34. The molecule has 0 aliphatic heterocycles. The third kappa shape index (κ3) is 5.41. The maximum atomic E-state index is 12.2. The SMILES string of the molecule is CC(NC(=O)c1ccnc(N(C)C)c1)C(=O)NC(C)(C)C. The molecule has 6 heteroatoms. The van der Waals surface area contributed by atoms with Crippen molar-refractivity contribution in [2.75, 3.05) is 19.0 Å². The molecular formula is C15H24N4O2. The topological polar surface area (TPSA) is 74.3 Å². The third-order valence-electron chi connectivity index (χ3n) is 2.70. The van der Waals surface area contributed by atoms with Gasteiger partial charge in [-0.1, -0.05) is 0 Å². The zero-order valence-corrected chi connectivity index (χ0v) is 13.5. The van der Waals surface area contributed by atoms with Crippen LogP contribution in [0.1, 0.15) is 38.1 Å². The molecule has 2 amide bonds. The molecule has 6 nitrogen and oxygen atoms in total. The number of hydrogen-bond donors (Lipinski definition) is 2. The Balaban J connectivity index is 2.72. The summed E-state index contributed by atoms with van der Waals surface area (Å²) in [6, 6.07) is 2.70. The molecular weight excluding hydrogens is 268 g/mol. The first-order valence-corrected chi connectivity index (χ1v) is 6.86. The zero-order chi connectivity index (χ0) is 16.2. The van der Waals surface area contributed by atoms with Gasteiger partial charge in [0.25, 0.3) is 5.91 Å². The van der Waals surface area contributed by atoms with Gasteiger partial charge in [-0.3, -0.25) is 9.59 Å². The molecule has 21 heavy (non-hydrogen) atoms. The molecule has 1 aromatic rings. The molecule has 1 aromatic heterocycles. The number of nitrogens with one attached hydrogen (secondary N) is 2. The summed E-state index contributed by atoms with van der Waals surface area (Å²) >= 11 is 0. The fraction of sp³-hybridized carbons (Fsp3) is 0.533. The van der Waals surface area contributed by atoms with E-state index in [2.05, 4.69) is 15.6 Å². The molecule has 0 bridgehead atoms. The first-order valence-electron chi connectivity index (χ1n) is 6.86. The largest absolute Gasteiger partial charge is 0.363 e. The van der Waals surface area contributed by atoms with E-state index in [1.165, 1.54) is 0 Å². The van der Waals surface area contributed by atoms with Crippen LogP contribution in [0.5, 0.6) is 0 Å². The predicted molar refractivity (Wildman–Crippen MR) is 83.4 cm³/mol. The molecule has 0 fully saturated rings. The molecule has 0 aliphatic carbocycles. The molecule has 1 unspecified atom stereocenters. The second-order valence-electron chi connectivity index (χ2n) is 6.23. The summed E-state index contributed by atoms with van der Waals surface area (Å²) in [5.74, 6) is 0.184. The summed E-state index contributed by atoms with van der Waals surface area (Å²) in [5, 5.41) is 5.52. The summed E-state index contributed by atoms with van der Waals surface area (Å²) in [6.07, 6.45) is 1.57. The molecule has 1 heterocycles. The molecule has 2 N–H and O–H groups in total. The summed E-state index contributed by atoms with van der Waals surface area (Å²) in [4.78, 5) is 30.1. The minimum absolute atomic E-state index is 0.210. The summed E-state index contributed by atoms with van der Waals surface area (Å²) in [5.41, 5.74) is 0.147. The number of pyridine rings is 1. The van der Waals surface area contributed by atoms with Crippen LogP contribution in [0.3, 0.4) is 0 Å². The molecule has 0 saturated carbocycles. The molecule has 0 aliphatic rings. The van der Waals surface area contributed by atoms with E-state index in [-0.39, 0.29) is 17.4 Å². The standard InChI is InChI=1S/C15H24N4O2/c1-10(13(20)18-15(2,3)4)17-14(21)11-7-8-16-12(9-11)19(5)6/h7-10H,1-6H3,(H,17,21)(H,18,20). The van der Waals surface area contributed by atoms with Crippen molar-refractivity contribution >= 4 is 17.6 Å². The summed E-state index contributed by atoms with van der Waals surface area (Å²) < 4.78 is 0. The first-order chi connectivity index (χ1) is 9.60. The molecule has 1 atom stereocenters. The molecule has 116 valence electrons. The fourth-order valence-electron chi connectivity index (χ4n) is 1.63. The van der Waals surface area contributed by atoms with Crippen molar-refractivity contribution in [3.63, 3.8) is 0 Å². The number of nitrogens with zero attached hydrogens (tertiary/aromatic N) is 2. The van der Waals surface area contributed by atoms with Crippen LogP contribution < -0.4 is 15.5 Å². The Morgan fingerprint density at radius 2 is 1.90 bits per heavy atom. The Hall–Kier alpha value is -2.11. The number of carbonyl (C=O) groups excluding carboxylic acids is 2. The number of carbonyl (C=O) groups is 2. The second kappa shape index (κ2) is 6.56. The van der Waals surface area contributed by atoms with E-state index in [4.69, 9.17) is 0 Å². The minimum Gasteiger partial charge on any atom is -0.363 e. The zero-order valence-electron chi connectivity index (χ0n) is 13.5. The number of hydrogen-bond acceptors (Lipinski definition) is 4. The molecule has 0 spiro atoms. The lowest BCUT2D eigenvalue weighted by Crippen LogP contribution is -2.50. The number of rotatable bonds is 4. The monoisotopic (exact) mass is 292 g/mol. The maximum Gasteiger partial charge on any atom is 0.252 e. The lowest BCUT2D eigenvalue weighted by atomic mass is 10.1. The lowest BCUT2D eigenvalue weighted by molar-refractivity contribution is -0.124. The van der Waals surface area contributed by atoms with Crippen molar-refractivity contribution in [1.82, 2.24) is 15.6 Å². The smallest absolute Gasteiger partial charge is 0.252 e. The van der Waals surface area contributed by atoms with Gasteiger partial charge in [0.2, 0.25) is 5.91 Å². The van der Waals surface area contributed by atoms with E-state index >= 15 is 0 Å². The minimum atomic E-state index is -0.604.